The van der Waals surface area contributed by atoms with Crippen LogP contribution in [0.2, 0.25) is 0 Å². The van der Waals surface area contributed by atoms with E-state index in [1.807, 2.05) is 52.0 Å². The molecule has 0 heterocycles. The van der Waals surface area contributed by atoms with Crippen LogP contribution in [0.15, 0.2) is 48.5 Å². The number of anilines is 4. The lowest BCUT2D eigenvalue weighted by atomic mass is 9.81. The third-order valence-electron chi connectivity index (χ3n) is 8.78. The molecule has 5 rings (SSSR count). The number of halogens is 1. The van der Waals surface area contributed by atoms with Crippen LogP contribution in [-0.4, -0.2) is 41.6 Å². The Labute approximate surface area is 292 Å². The summed E-state index contributed by atoms with van der Waals surface area (Å²) in [6.07, 6.45) is 5.84. The van der Waals surface area contributed by atoms with E-state index in [0.717, 1.165) is 55.4 Å². The Morgan fingerprint density at radius 2 is 1.10 bits per heavy atom. The number of carbonyl (C=O) groups is 2. The zero-order valence-electron chi connectivity index (χ0n) is 29.3. The third-order valence-corrected chi connectivity index (χ3v) is 8.78. The fourth-order valence-corrected chi connectivity index (χ4v) is 6.26. The van der Waals surface area contributed by atoms with Crippen molar-refractivity contribution < 1.29 is 38.4 Å². The summed E-state index contributed by atoms with van der Waals surface area (Å²) in [5.41, 5.74) is 0.522. The van der Waals surface area contributed by atoms with Crippen molar-refractivity contribution in [3.05, 3.63) is 87.7 Å². The quantitative estimate of drug-likeness (QED) is 0.0594. The summed E-state index contributed by atoms with van der Waals surface area (Å²) in [6, 6.07) is 13.1. The molecule has 0 aromatic heterocycles. The third kappa shape index (κ3) is 7.06. The number of phenols is 2. The van der Waals surface area contributed by atoms with E-state index in [-0.39, 0.29) is 29.3 Å². The predicted octanol–water partition coefficient (Wildman–Crippen LogP) is 9.65. The number of aryl methyl sites for hydroxylation is 2. The lowest BCUT2D eigenvalue weighted by Crippen LogP contribution is -2.25. The number of para-hydroxylation sites is 2. The summed E-state index contributed by atoms with van der Waals surface area (Å²) >= 11 is 0. The number of ether oxygens (including phenoxy) is 3. The molecule has 0 aliphatic heterocycles. The van der Waals surface area contributed by atoms with Crippen LogP contribution in [0.1, 0.15) is 102 Å². The van der Waals surface area contributed by atoms with Gasteiger partial charge in [-0.1, -0.05) is 63.3 Å². The van der Waals surface area contributed by atoms with Crippen LogP contribution in [0.5, 0.6) is 28.7 Å². The minimum Gasteiger partial charge on any atom is -0.507 e. The minimum atomic E-state index is -1.04. The Bertz CT molecular complexity index is 1910. The van der Waals surface area contributed by atoms with Crippen LogP contribution in [0.25, 0.3) is 0 Å². The van der Waals surface area contributed by atoms with Crippen molar-refractivity contribution >= 4 is 34.3 Å². The van der Waals surface area contributed by atoms with Crippen molar-refractivity contribution in [3.8, 4) is 28.7 Å². The Kier molecular flexibility index (Phi) is 11.5. The summed E-state index contributed by atoms with van der Waals surface area (Å²) in [4.78, 5) is 28.5. The largest absolute Gasteiger partial charge is 0.507 e. The van der Waals surface area contributed by atoms with E-state index >= 15 is 4.39 Å². The first-order valence-corrected chi connectivity index (χ1v) is 17.3. The molecule has 4 aromatic rings. The molecular formula is C40H45FN2O7. The summed E-state index contributed by atoms with van der Waals surface area (Å²) in [7, 11) is 0. The van der Waals surface area contributed by atoms with Crippen molar-refractivity contribution in [3.63, 3.8) is 0 Å². The predicted molar refractivity (Wildman–Crippen MR) is 193 cm³/mol. The number of ketones is 2. The number of hydrogen-bond donors (Lipinski definition) is 4. The minimum absolute atomic E-state index is 0.0532. The molecule has 0 saturated carbocycles. The number of nitrogens with one attached hydrogen (secondary N) is 2. The van der Waals surface area contributed by atoms with Gasteiger partial charge in [-0.25, -0.2) is 4.39 Å². The summed E-state index contributed by atoms with van der Waals surface area (Å²) in [5.74, 6) is -3.05. The molecule has 0 amide bonds. The van der Waals surface area contributed by atoms with E-state index in [9.17, 15) is 19.8 Å². The second-order valence-electron chi connectivity index (χ2n) is 12.3. The van der Waals surface area contributed by atoms with Gasteiger partial charge in [-0.05, 0) is 69.5 Å². The van der Waals surface area contributed by atoms with Crippen LogP contribution in [0.3, 0.4) is 0 Å². The Balaban J connectivity index is 1.79. The van der Waals surface area contributed by atoms with Crippen molar-refractivity contribution in [2.75, 3.05) is 30.5 Å². The number of unbranched alkanes of at least 4 members (excludes halogenated alkanes) is 5. The van der Waals surface area contributed by atoms with Gasteiger partial charge in [-0.15, -0.1) is 0 Å². The highest BCUT2D eigenvalue weighted by Gasteiger charge is 2.42. The molecule has 4 aromatic carbocycles. The molecule has 9 nitrogen and oxygen atoms in total. The molecule has 50 heavy (non-hydrogen) atoms. The number of phenolic OH excluding ortho intramolecular Hbond substituents is 2. The molecule has 0 atom stereocenters. The normalized spacial score (nSPS) is 12.0. The summed E-state index contributed by atoms with van der Waals surface area (Å²) in [5, 5.41) is 28.0. The first-order chi connectivity index (χ1) is 24.1. The molecule has 4 N–H and O–H groups in total. The molecule has 0 spiro atoms. The molecular weight excluding hydrogens is 639 g/mol. The number of carbonyl (C=O) groups excluding carboxylic acids is 2. The average molecular weight is 685 g/mol. The molecule has 0 unspecified atom stereocenters. The Morgan fingerprint density at radius 3 is 1.64 bits per heavy atom. The first kappa shape index (κ1) is 36.0. The molecule has 0 saturated heterocycles. The Morgan fingerprint density at radius 1 is 0.600 bits per heavy atom. The number of hydrogen-bond acceptors (Lipinski definition) is 9. The molecule has 0 radical (unpaired) electrons. The van der Waals surface area contributed by atoms with Gasteiger partial charge >= 0.3 is 0 Å². The fraction of sp³-hybridized carbons (Fsp3) is 0.350. The molecule has 0 fully saturated rings. The van der Waals surface area contributed by atoms with Gasteiger partial charge in [-0.2, -0.15) is 0 Å². The average Bonchev–Trinajstić information content (AvgIpc) is 3.09. The monoisotopic (exact) mass is 684 g/mol. The maximum Gasteiger partial charge on any atom is 0.202 e. The topological polar surface area (TPSA) is 126 Å². The zero-order chi connectivity index (χ0) is 35.9. The van der Waals surface area contributed by atoms with Gasteiger partial charge in [0.2, 0.25) is 11.6 Å². The van der Waals surface area contributed by atoms with E-state index in [1.165, 1.54) is 0 Å². The van der Waals surface area contributed by atoms with Crippen molar-refractivity contribution in [2.24, 2.45) is 0 Å². The van der Waals surface area contributed by atoms with Crippen LogP contribution < -0.4 is 24.8 Å². The van der Waals surface area contributed by atoms with Gasteiger partial charge in [-0.3, -0.25) is 9.59 Å². The van der Waals surface area contributed by atoms with Crippen LogP contribution >= 0.6 is 0 Å². The van der Waals surface area contributed by atoms with E-state index in [2.05, 4.69) is 17.6 Å². The van der Waals surface area contributed by atoms with Gasteiger partial charge in [0, 0.05) is 0 Å². The van der Waals surface area contributed by atoms with Crippen molar-refractivity contribution in [1.82, 2.24) is 0 Å². The van der Waals surface area contributed by atoms with Crippen LogP contribution in [0, 0.1) is 19.7 Å². The second kappa shape index (κ2) is 16.0. The number of rotatable bonds is 16. The molecule has 0 bridgehead atoms. The van der Waals surface area contributed by atoms with Gasteiger partial charge in [0.05, 0.1) is 53.4 Å². The first-order valence-electron chi connectivity index (χ1n) is 17.3. The van der Waals surface area contributed by atoms with E-state index in [4.69, 9.17) is 14.2 Å². The molecule has 1 aliphatic carbocycles. The maximum absolute atomic E-state index is 17.3. The summed E-state index contributed by atoms with van der Waals surface area (Å²) < 4.78 is 35.6. The molecule has 1 aliphatic rings. The fourth-order valence-electron chi connectivity index (χ4n) is 6.26. The van der Waals surface area contributed by atoms with Crippen molar-refractivity contribution in [2.45, 2.75) is 73.1 Å². The highest BCUT2D eigenvalue weighted by Crippen LogP contribution is 2.51. The highest BCUT2D eigenvalue weighted by atomic mass is 19.1. The van der Waals surface area contributed by atoms with Gasteiger partial charge in [0.15, 0.2) is 11.6 Å². The maximum atomic E-state index is 17.3. The standard InChI is InChI=1S/C40H45FN2O7/c1-6-9-10-11-12-13-22-50-40-32-31(38(46)29-25(44)20-21-26(45)30(29)39(32)47)33(41)36(42-34-23(4)16-14-18-27(34)48-7-2)37(40)43-35-24(5)17-15-19-28(35)49-8-3/h14-21,42-45H,6-13,22H2,1-5H3. The number of benzene rings is 4. The lowest BCUT2D eigenvalue weighted by molar-refractivity contribution is 0.0967. The Hall–Kier alpha value is -5.25. The summed E-state index contributed by atoms with van der Waals surface area (Å²) in [6.45, 7) is 10.4. The number of fused-ring (bicyclic) bond motifs is 2. The molecule has 10 heteroatoms. The zero-order valence-corrected chi connectivity index (χ0v) is 29.3. The van der Waals surface area contributed by atoms with Crippen LogP contribution in [-0.2, 0) is 0 Å². The second-order valence-corrected chi connectivity index (χ2v) is 12.3. The van der Waals surface area contributed by atoms with E-state index in [1.54, 1.807) is 12.1 Å². The lowest BCUT2D eigenvalue weighted by Gasteiger charge is -2.28. The van der Waals surface area contributed by atoms with Crippen molar-refractivity contribution in [1.29, 1.82) is 0 Å². The van der Waals surface area contributed by atoms with Gasteiger partial charge < -0.3 is 35.1 Å². The van der Waals surface area contributed by atoms with Gasteiger partial charge in [0.25, 0.3) is 0 Å². The highest BCUT2D eigenvalue weighted by molar-refractivity contribution is 6.32. The van der Waals surface area contributed by atoms with Gasteiger partial charge in [0.1, 0.15) is 34.4 Å². The van der Waals surface area contributed by atoms with E-state index in [0.29, 0.717) is 42.5 Å². The SMILES string of the molecule is CCCCCCCCOc1c(Nc2c(C)cccc2OCC)c(Nc2c(C)cccc2OCC)c(F)c2c1C(=O)c1c(O)ccc(O)c1C2=O. The number of aromatic hydroxyl groups is 2. The molecule has 264 valence electrons. The van der Waals surface area contributed by atoms with E-state index < -0.39 is 45.6 Å². The van der Waals surface area contributed by atoms with Crippen LogP contribution in [0.4, 0.5) is 27.1 Å². The smallest absolute Gasteiger partial charge is 0.202 e.